The van der Waals surface area contributed by atoms with E-state index >= 15 is 0 Å². The molecule has 160 valence electrons. The minimum Gasteiger partial charge on any atom is -0.503 e. The topological polar surface area (TPSA) is 73.1 Å². The van der Waals surface area contributed by atoms with Crippen molar-refractivity contribution in [3.8, 4) is 28.5 Å². The number of alkyl halides is 3. The maximum Gasteiger partial charge on any atom is 0.573 e. The maximum absolute atomic E-state index is 12.8. The van der Waals surface area contributed by atoms with Gasteiger partial charge in [-0.05, 0) is 35.9 Å². The van der Waals surface area contributed by atoms with Crippen molar-refractivity contribution in [2.24, 2.45) is 0 Å². The molecule has 0 fully saturated rings. The molecule has 0 spiro atoms. The zero-order valence-electron chi connectivity index (χ0n) is 15.6. The van der Waals surface area contributed by atoms with Gasteiger partial charge in [0.2, 0.25) is 0 Å². The number of rotatable bonds is 4. The summed E-state index contributed by atoms with van der Waals surface area (Å²) in [6, 6.07) is 8.36. The second-order valence-electron chi connectivity index (χ2n) is 6.32. The van der Waals surface area contributed by atoms with Crippen LogP contribution in [0.3, 0.4) is 0 Å². The largest absolute Gasteiger partial charge is 0.573 e. The molecule has 0 atom stereocenters. The van der Waals surface area contributed by atoms with Crippen molar-refractivity contribution in [2.75, 3.05) is 7.11 Å². The molecule has 0 aliphatic carbocycles. The summed E-state index contributed by atoms with van der Waals surface area (Å²) in [5.74, 6) is -0.419. The van der Waals surface area contributed by atoms with E-state index in [9.17, 15) is 23.1 Å². The number of aromatic nitrogens is 2. The number of hydrogen-bond donors (Lipinski definition) is 1. The standard InChI is InChI=1S/C20H12ClF3N2O4S/c1-29-15-6-10(5-13(21)17(15)27)7-16-18(28)26-9-14(25-19(26)31-16)11-3-2-4-12(8-11)30-20(22,23)24/h2-9,27H,1H3. The highest BCUT2D eigenvalue weighted by Crippen LogP contribution is 2.35. The van der Waals surface area contributed by atoms with Gasteiger partial charge in [0.25, 0.3) is 5.56 Å². The van der Waals surface area contributed by atoms with Crippen molar-refractivity contribution < 1.29 is 27.8 Å². The zero-order chi connectivity index (χ0) is 22.3. The normalized spacial score (nSPS) is 12.5. The highest BCUT2D eigenvalue weighted by molar-refractivity contribution is 7.15. The van der Waals surface area contributed by atoms with Crippen LogP contribution < -0.4 is 19.6 Å². The number of hydrogen-bond acceptors (Lipinski definition) is 6. The van der Waals surface area contributed by atoms with E-state index in [0.717, 1.165) is 11.3 Å². The Labute approximate surface area is 181 Å². The molecule has 0 saturated carbocycles. The Hall–Kier alpha value is -3.24. The molecule has 6 nitrogen and oxygen atoms in total. The van der Waals surface area contributed by atoms with Gasteiger partial charge in [-0.1, -0.05) is 35.1 Å². The third kappa shape index (κ3) is 4.30. The van der Waals surface area contributed by atoms with Crippen LogP contribution in [0.25, 0.3) is 22.3 Å². The van der Waals surface area contributed by atoms with Crippen molar-refractivity contribution in [3.63, 3.8) is 0 Å². The maximum atomic E-state index is 12.8. The third-order valence-corrected chi connectivity index (χ3v) is 5.51. The molecule has 0 saturated heterocycles. The van der Waals surface area contributed by atoms with Crippen LogP contribution >= 0.6 is 22.9 Å². The van der Waals surface area contributed by atoms with E-state index in [1.807, 2.05) is 0 Å². The van der Waals surface area contributed by atoms with Gasteiger partial charge >= 0.3 is 6.36 Å². The molecule has 1 N–H and O–H groups in total. The molecule has 2 heterocycles. The first-order valence-electron chi connectivity index (χ1n) is 8.61. The molecule has 0 bridgehead atoms. The number of imidazole rings is 1. The van der Waals surface area contributed by atoms with Gasteiger partial charge in [-0.15, -0.1) is 13.2 Å². The quantitative estimate of drug-likeness (QED) is 0.485. The van der Waals surface area contributed by atoms with Crippen LogP contribution in [0.15, 0.2) is 47.4 Å². The van der Waals surface area contributed by atoms with Gasteiger partial charge in [0.05, 0.1) is 22.4 Å². The third-order valence-electron chi connectivity index (χ3n) is 4.24. The Morgan fingerprint density at radius 3 is 2.71 bits per heavy atom. The summed E-state index contributed by atoms with van der Waals surface area (Å²) in [5.41, 5.74) is 0.887. The lowest BCUT2D eigenvalue weighted by atomic mass is 10.1. The van der Waals surface area contributed by atoms with Gasteiger partial charge < -0.3 is 14.6 Å². The van der Waals surface area contributed by atoms with E-state index < -0.39 is 6.36 Å². The second kappa shape index (κ2) is 7.78. The summed E-state index contributed by atoms with van der Waals surface area (Å²) < 4.78 is 48.0. The molecule has 4 rings (SSSR count). The first-order valence-corrected chi connectivity index (χ1v) is 9.80. The number of methoxy groups -OCH3 is 1. The van der Waals surface area contributed by atoms with Gasteiger partial charge in [-0.2, -0.15) is 0 Å². The van der Waals surface area contributed by atoms with E-state index in [1.54, 1.807) is 12.1 Å². The number of thiazole rings is 1. The number of phenolic OH excluding ortho intramolecular Hbond substituents is 1. The lowest BCUT2D eigenvalue weighted by Crippen LogP contribution is -2.22. The van der Waals surface area contributed by atoms with Crippen molar-refractivity contribution >= 4 is 34.0 Å². The first-order chi connectivity index (χ1) is 14.6. The lowest BCUT2D eigenvalue weighted by Gasteiger charge is -2.09. The number of aromatic hydroxyl groups is 1. The molecule has 4 aromatic rings. The smallest absolute Gasteiger partial charge is 0.503 e. The summed E-state index contributed by atoms with van der Waals surface area (Å²) in [6.45, 7) is 0. The minimum absolute atomic E-state index is 0.0719. The number of phenols is 1. The fraction of sp³-hybridized carbons (Fsp3) is 0.100. The molecule has 0 aliphatic heterocycles. The predicted molar refractivity (Wildman–Crippen MR) is 110 cm³/mol. The van der Waals surface area contributed by atoms with Gasteiger partial charge in [0, 0.05) is 11.8 Å². The molecule has 0 aliphatic rings. The Morgan fingerprint density at radius 2 is 2.03 bits per heavy atom. The summed E-state index contributed by atoms with van der Waals surface area (Å²) >= 11 is 7.08. The van der Waals surface area contributed by atoms with Crippen LogP contribution in [0.4, 0.5) is 13.2 Å². The molecule has 2 aromatic carbocycles. The summed E-state index contributed by atoms with van der Waals surface area (Å²) in [4.78, 5) is 17.5. The second-order valence-corrected chi connectivity index (χ2v) is 7.74. The Balaban J connectivity index is 1.73. The lowest BCUT2D eigenvalue weighted by molar-refractivity contribution is -0.274. The molecular formula is C20H12ClF3N2O4S. The predicted octanol–water partition coefficient (Wildman–Crippen LogP) is 4.24. The van der Waals surface area contributed by atoms with Crippen molar-refractivity contribution in [1.82, 2.24) is 9.38 Å². The molecule has 31 heavy (non-hydrogen) atoms. The van der Waals surface area contributed by atoms with Crippen LogP contribution in [-0.2, 0) is 0 Å². The van der Waals surface area contributed by atoms with Crippen molar-refractivity contribution in [2.45, 2.75) is 6.36 Å². The molecule has 11 heteroatoms. The highest BCUT2D eigenvalue weighted by Gasteiger charge is 2.31. The first kappa shape index (κ1) is 21.0. The monoisotopic (exact) mass is 468 g/mol. The van der Waals surface area contributed by atoms with Crippen molar-refractivity contribution in [1.29, 1.82) is 0 Å². The number of ether oxygens (including phenoxy) is 2. The number of benzene rings is 2. The van der Waals surface area contributed by atoms with E-state index in [2.05, 4.69) is 9.72 Å². The fourth-order valence-electron chi connectivity index (χ4n) is 2.91. The Morgan fingerprint density at radius 1 is 1.26 bits per heavy atom. The van der Waals surface area contributed by atoms with Crippen LogP contribution in [0.2, 0.25) is 5.02 Å². The molecule has 2 aromatic heterocycles. The number of fused-ring (bicyclic) bond motifs is 1. The Bertz CT molecular complexity index is 1400. The van der Waals surface area contributed by atoms with Gasteiger partial charge in [0.1, 0.15) is 5.75 Å². The van der Waals surface area contributed by atoms with Crippen LogP contribution in [-0.4, -0.2) is 28.0 Å². The van der Waals surface area contributed by atoms with E-state index in [4.69, 9.17) is 16.3 Å². The summed E-state index contributed by atoms with van der Waals surface area (Å²) in [7, 11) is 1.38. The van der Waals surface area contributed by atoms with E-state index in [1.165, 1.54) is 48.0 Å². The summed E-state index contributed by atoms with van der Waals surface area (Å²) in [5, 5.41) is 9.90. The molecule has 0 radical (unpaired) electrons. The van der Waals surface area contributed by atoms with Gasteiger partial charge in [-0.25, -0.2) is 4.98 Å². The summed E-state index contributed by atoms with van der Waals surface area (Å²) in [6.07, 6.45) is -1.78. The van der Waals surface area contributed by atoms with Gasteiger partial charge in [-0.3, -0.25) is 9.20 Å². The van der Waals surface area contributed by atoms with Crippen molar-refractivity contribution in [3.05, 3.63) is 68.1 Å². The molecule has 0 unspecified atom stereocenters. The van der Waals surface area contributed by atoms with E-state index in [-0.39, 0.29) is 27.8 Å². The van der Waals surface area contributed by atoms with Crippen LogP contribution in [0, 0.1) is 0 Å². The Kier molecular flexibility index (Phi) is 5.28. The zero-order valence-corrected chi connectivity index (χ0v) is 17.2. The number of halogens is 4. The average molecular weight is 469 g/mol. The fourth-order valence-corrected chi connectivity index (χ4v) is 4.08. The SMILES string of the molecule is COc1cc(C=c2sc3nc(-c4cccc(OC(F)(F)F)c4)cn3c2=O)cc(Cl)c1O. The number of nitrogens with zero attached hydrogens (tertiary/aromatic N) is 2. The van der Waals surface area contributed by atoms with Crippen LogP contribution in [0.5, 0.6) is 17.2 Å². The molecule has 0 amide bonds. The van der Waals surface area contributed by atoms with E-state index in [0.29, 0.717) is 26.3 Å². The van der Waals surface area contributed by atoms with Crippen LogP contribution in [0.1, 0.15) is 5.56 Å². The average Bonchev–Trinajstić information content (AvgIpc) is 3.23. The highest BCUT2D eigenvalue weighted by atomic mass is 35.5. The van der Waals surface area contributed by atoms with Gasteiger partial charge in [0.15, 0.2) is 16.5 Å². The molecular weight excluding hydrogens is 457 g/mol. The minimum atomic E-state index is -4.81.